The molecule has 5 heteroatoms. The Morgan fingerprint density at radius 2 is 1.52 bits per heavy atom. The summed E-state index contributed by atoms with van der Waals surface area (Å²) < 4.78 is 4.94. The van der Waals surface area contributed by atoms with E-state index in [1.165, 1.54) is 7.11 Å². The molecular formula is C26H20N2O3. The van der Waals surface area contributed by atoms with E-state index in [0.29, 0.717) is 11.1 Å². The van der Waals surface area contributed by atoms with Crippen molar-refractivity contribution in [2.75, 3.05) is 7.11 Å². The molecule has 0 aliphatic carbocycles. The van der Waals surface area contributed by atoms with Crippen LogP contribution in [0.3, 0.4) is 0 Å². The van der Waals surface area contributed by atoms with Crippen LogP contribution in [0.4, 0.5) is 0 Å². The van der Waals surface area contributed by atoms with Crippen LogP contribution in [0.1, 0.15) is 21.5 Å². The molecule has 1 amide bonds. The lowest BCUT2D eigenvalue weighted by atomic mass is 9.95. The molecule has 4 aromatic rings. The number of nitrogens with one attached hydrogen (secondary N) is 1. The maximum atomic E-state index is 13.4. The van der Waals surface area contributed by atoms with Gasteiger partial charge in [0.1, 0.15) is 6.04 Å². The third-order valence-electron chi connectivity index (χ3n) is 5.31. The van der Waals surface area contributed by atoms with Crippen molar-refractivity contribution in [1.29, 1.82) is 5.26 Å². The van der Waals surface area contributed by atoms with Gasteiger partial charge in [0.15, 0.2) is 0 Å². The Bertz CT molecular complexity index is 1270. The molecule has 152 valence electrons. The molecule has 31 heavy (non-hydrogen) atoms. The second-order valence-electron chi connectivity index (χ2n) is 7.26. The molecule has 4 aromatic carbocycles. The predicted octanol–water partition coefficient (Wildman–Crippen LogP) is 4.38. The highest BCUT2D eigenvalue weighted by Gasteiger charge is 2.24. The Labute approximate surface area is 179 Å². The van der Waals surface area contributed by atoms with Gasteiger partial charge in [-0.3, -0.25) is 4.79 Å². The number of hydrogen-bond donors (Lipinski definition) is 1. The van der Waals surface area contributed by atoms with Crippen LogP contribution in [0.5, 0.6) is 0 Å². The summed E-state index contributed by atoms with van der Waals surface area (Å²) in [6.07, 6.45) is 0.257. The predicted molar refractivity (Wildman–Crippen MR) is 120 cm³/mol. The lowest BCUT2D eigenvalue weighted by molar-refractivity contribution is -0.142. The number of benzene rings is 4. The molecule has 0 fully saturated rings. The number of esters is 1. The number of methoxy groups -OCH3 is 1. The molecule has 0 unspecified atom stereocenters. The number of ether oxygens (including phenoxy) is 1. The smallest absolute Gasteiger partial charge is 0.328 e. The summed E-state index contributed by atoms with van der Waals surface area (Å²) in [7, 11) is 1.30. The maximum Gasteiger partial charge on any atom is 0.328 e. The second-order valence-corrected chi connectivity index (χ2v) is 7.26. The molecule has 0 bridgehead atoms. The molecule has 0 saturated heterocycles. The first-order valence-electron chi connectivity index (χ1n) is 9.89. The van der Waals surface area contributed by atoms with Crippen molar-refractivity contribution in [2.24, 2.45) is 0 Å². The Balaban J connectivity index is 1.72. The van der Waals surface area contributed by atoms with Crippen LogP contribution in [0.2, 0.25) is 0 Å². The monoisotopic (exact) mass is 408 g/mol. The van der Waals surface area contributed by atoms with Gasteiger partial charge in [-0.25, -0.2) is 4.79 Å². The number of rotatable bonds is 5. The zero-order chi connectivity index (χ0) is 21.8. The first-order valence-corrected chi connectivity index (χ1v) is 9.89. The first-order chi connectivity index (χ1) is 15.1. The van der Waals surface area contributed by atoms with Gasteiger partial charge in [0.2, 0.25) is 0 Å². The van der Waals surface area contributed by atoms with E-state index in [9.17, 15) is 9.59 Å². The van der Waals surface area contributed by atoms with E-state index in [-0.39, 0.29) is 12.3 Å². The Morgan fingerprint density at radius 3 is 2.06 bits per heavy atom. The quantitative estimate of drug-likeness (QED) is 0.393. The van der Waals surface area contributed by atoms with E-state index < -0.39 is 12.0 Å². The fourth-order valence-corrected chi connectivity index (χ4v) is 3.78. The van der Waals surface area contributed by atoms with Crippen LogP contribution in [0.15, 0.2) is 78.9 Å². The molecule has 0 aliphatic rings. The van der Waals surface area contributed by atoms with Gasteiger partial charge in [-0.15, -0.1) is 0 Å². The average molecular weight is 408 g/mol. The summed E-state index contributed by atoms with van der Waals surface area (Å²) in [5, 5.41) is 15.4. The molecule has 0 saturated carbocycles. The van der Waals surface area contributed by atoms with Gasteiger partial charge >= 0.3 is 5.97 Å². The van der Waals surface area contributed by atoms with Crippen molar-refractivity contribution < 1.29 is 14.3 Å². The first kappa shape index (κ1) is 20.1. The van der Waals surface area contributed by atoms with E-state index >= 15 is 0 Å². The molecule has 0 aromatic heterocycles. The number of carbonyl (C=O) groups is 2. The minimum Gasteiger partial charge on any atom is -0.467 e. The lowest BCUT2D eigenvalue weighted by Crippen LogP contribution is -2.43. The number of amides is 1. The third-order valence-corrected chi connectivity index (χ3v) is 5.31. The van der Waals surface area contributed by atoms with Crippen LogP contribution in [0.25, 0.3) is 21.5 Å². The maximum absolute atomic E-state index is 13.4. The van der Waals surface area contributed by atoms with Crippen LogP contribution in [-0.4, -0.2) is 25.0 Å². The zero-order valence-electron chi connectivity index (χ0n) is 17.0. The Kier molecular flexibility index (Phi) is 5.63. The third kappa shape index (κ3) is 4.10. The van der Waals surface area contributed by atoms with Gasteiger partial charge in [-0.05, 0) is 45.3 Å². The van der Waals surface area contributed by atoms with Crippen molar-refractivity contribution in [3.63, 3.8) is 0 Å². The minimum atomic E-state index is -0.858. The van der Waals surface area contributed by atoms with Crippen molar-refractivity contribution >= 4 is 33.4 Å². The number of hydrogen-bond acceptors (Lipinski definition) is 4. The SMILES string of the molecule is COC(=O)[C@@H](Cc1ccc(C#N)cc1)NC(=O)c1c2ccccc2cc2ccccc12. The van der Waals surface area contributed by atoms with Crippen LogP contribution >= 0.6 is 0 Å². The van der Waals surface area contributed by atoms with Crippen molar-refractivity contribution in [2.45, 2.75) is 12.5 Å². The summed E-state index contributed by atoms with van der Waals surface area (Å²) in [5.74, 6) is -0.862. The van der Waals surface area contributed by atoms with Gasteiger partial charge < -0.3 is 10.1 Å². The summed E-state index contributed by atoms with van der Waals surface area (Å²) in [4.78, 5) is 25.9. The van der Waals surface area contributed by atoms with E-state index in [4.69, 9.17) is 10.00 Å². The van der Waals surface area contributed by atoms with Gasteiger partial charge in [-0.2, -0.15) is 5.26 Å². The normalized spacial score (nSPS) is 11.6. The Hall–Kier alpha value is -4.17. The average Bonchev–Trinajstić information content (AvgIpc) is 2.81. The highest BCUT2D eigenvalue weighted by atomic mass is 16.5. The van der Waals surface area contributed by atoms with E-state index in [0.717, 1.165) is 27.1 Å². The lowest BCUT2D eigenvalue weighted by Gasteiger charge is -2.18. The highest BCUT2D eigenvalue weighted by Crippen LogP contribution is 2.28. The number of fused-ring (bicyclic) bond motifs is 2. The molecule has 0 heterocycles. The summed E-state index contributed by atoms with van der Waals surface area (Å²) in [6, 6.07) is 25.6. The van der Waals surface area contributed by atoms with E-state index in [2.05, 4.69) is 17.5 Å². The fourth-order valence-electron chi connectivity index (χ4n) is 3.78. The van der Waals surface area contributed by atoms with Crippen molar-refractivity contribution in [1.82, 2.24) is 5.32 Å². The summed E-state index contributed by atoms with van der Waals surface area (Å²) >= 11 is 0. The summed E-state index contributed by atoms with van der Waals surface area (Å²) in [5.41, 5.74) is 1.88. The molecule has 1 atom stereocenters. The standard InChI is InChI=1S/C26H20N2O3/c1-31-26(30)23(14-17-10-12-18(16-27)13-11-17)28-25(29)24-21-8-4-2-6-19(21)15-20-7-3-5-9-22(20)24/h2-13,15,23H,14H2,1H3,(H,28,29)/t23-/m1/s1. The fraction of sp³-hybridized carbons (Fsp3) is 0.115. The molecule has 5 nitrogen and oxygen atoms in total. The van der Waals surface area contributed by atoms with Gasteiger partial charge in [-0.1, -0.05) is 60.7 Å². The van der Waals surface area contributed by atoms with Gasteiger partial charge in [0.25, 0.3) is 5.91 Å². The largest absolute Gasteiger partial charge is 0.467 e. The molecular weight excluding hydrogens is 388 g/mol. The van der Waals surface area contributed by atoms with E-state index in [1.54, 1.807) is 24.3 Å². The van der Waals surface area contributed by atoms with Crippen LogP contribution in [0, 0.1) is 11.3 Å². The number of carbonyl (C=O) groups excluding carboxylic acids is 2. The number of nitriles is 1. The summed E-state index contributed by atoms with van der Waals surface area (Å²) in [6.45, 7) is 0. The molecule has 0 radical (unpaired) electrons. The molecule has 1 N–H and O–H groups in total. The van der Waals surface area contributed by atoms with E-state index in [1.807, 2.05) is 48.5 Å². The molecule has 4 rings (SSSR count). The zero-order valence-corrected chi connectivity index (χ0v) is 17.0. The van der Waals surface area contributed by atoms with Gasteiger partial charge in [0.05, 0.1) is 24.3 Å². The number of nitrogens with zero attached hydrogens (tertiary/aromatic N) is 1. The van der Waals surface area contributed by atoms with Crippen LogP contribution < -0.4 is 5.32 Å². The van der Waals surface area contributed by atoms with Crippen LogP contribution in [-0.2, 0) is 16.0 Å². The second kappa shape index (κ2) is 8.68. The topological polar surface area (TPSA) is 79.2 Å². The Morgan fingerprint density at radius 1 is 0.935 bits per heavy atom. The van der Waals surface area contributed by atoms with Gasteiger partial charge in [0, 0.05) is 6.42 Å². The highest BCUT2D eigenvalue weighted by molar-refractivity contribution is 6.18. The molecule has 0 aliphatic heterocycles. The molecule has 0 spiro atoms. The minimum absolute atomic E-state index is 0.257. The van der Waals surface area contributed by atoms with Crippen molar-refractivity contribution in [3.05, 3.63) is 95.6 Å². The van der Waals surface area contributed by atoms with Crippen molar-refractivity contribution in [3.8, 4) is 6.07 Å².